The molecular weight excluding hydrogens is 406 g/mol. The van der Waals surface area contributed by atoms with E-state index in [1.165, 1.54) is 0 Å². The van der Waals surface area contributed by atoms with E-state index in [-0.39, 0.29) is 24.2 Å². The van der Waals surface area contributed by atoms with E-state index < -0.39 is 11.6 Å². The number of benzene rings is 1. The number of carbonyl (C=O) groups is 1. The minimum Gasteiger partial charge on any atom is -0.469 e. The van der Waals surface area contributed by atoms with E-state index in [1.807, 2.05) is 12.1 Å². The predicted molar refractivity (Wildman–Crippen MR) is 113 cm³/mol. The standard InChI is InChI=1S/C22H28F2N4O3/c1-2-30-22(29)28-11-8-18(9-12-28)27-21(25-10-7-19-4-3-13-31-19)26-15-16-14-17(23)5-6-20(16)24/h3-6,13-14,18H,2,7-12,15H2,1H3,(H2,25,26,27). The number of aliphatic imine (C=N–C) groups is 1. The Bertz CT molecular complexity index is 866. The van der Waals surface area contributed by atoms with E-state index in [2.05, 4.69) is 15.6 Å². The van der Waals surface area contributed by atoms with Gasteiger partial charge in [-0.15, -0.1) is 0 Å². The smallest absolute Gasteiger partial charge is 0.409 e. The highest BCUT2D eigenvalue weighted by Crippen LogP contribution is 2.13. The molecule has 1 fully saturated rings. The van der Waals surface area contributed by atoms with Crippen LogP contribution in [0.3, 0.4) is 0 Å². The Balaban J connectivity index is 1.59. The summed E-state index contributed by atoms with van der Waals surface area (Å²) in [6.45, 7) is 3.85. The van der Waals surface area contributed by atoms with Gasteiger partial charge in [-0.2, -0.15) is 0 Å². The van der Waals surface area contributed by atoms with Gasteiger partial charge in [0.15, 0.2) is 5.96 Å². The van der Waals surface area contributed by atoms with Crippen LogP contribution >= 0.6 is 0 Å². The van der Waals surface area contributed by atoms with Gasteiger partial charge < -0.3 is 24.7 Å². The van der Waals surface area contributed by atoms with Crippen LogP contribution < -0.4 is 10.6 Å². The number of carbonyl (C=O) groups excluding carboxylic acids is 1. The van der Waals surface area contributed by atoms with E-state index >= 15 is 0 Å². The zero-order valence-corrected chi connectivity index (χ0v) is 17.6. The molecule has 0 radical (unpaired) electrons. The number of amides is 1. The number of ether oxygens (including phenoxy) is 1. The molecule has 1 aliphatic heterocycles. The number of halogens is 2. The average Bonchev–Trinajstić information content (AvgIpc) is 3.28. The van der Waals surface area contributed by atoms with E-state index in [1.54, 1.807) is 18.1 Å². The third-order valence-electron chi connectivity index (χ3n) is 5.02. The topological polar surface area (TPSA) is 79.1 Å². The van der Waals surface area contributed by atoms with Gasteiger partial charge in [-0.1, -0.05) is 0 Å². The van der Waals surface area contributed by atoms with Crippen LogP contribution in [-0.4, -0.2) is 49.2 Å². The van der Waals surface area contributed by atoms with Gasteiger partial charge >= 0.3 is 6.09 Å². The van der Waals surface area contributed by atoms with Crippen molar-refractivity contribution < 1.29 is 22.7 Å². The Morgan fingerprint density at radius 3 is 2.81 bits per heavy atom. The molecule has 7 nitrogen and oxygen atoms in total. The summed E-state index contributed by atoms with van der Waals surface area (Å²) in [7, 11) is 0. The SMILES string of the molecule is CCOC(=O)N1CCC(NC(=NCc2cc(F)ccc2F)NCCc2ccco2)CC1. The number of nitrogens with one attached hydrogen (secondary N) is 2. The maximum Gasteiger partial charge on any atom is 0.409 e. The molecule has 1 aromatic heterocycles. The highest BCUT2D eigenvalue weighted by atomic mass is 19.1. The molecule has 0 unspecified atom stereocenters. The van der Waals surface area contributed by atoms with E-state index in [0.717, 1.165) is 36.8 Å². The van der Waals surface area contributed by atoms with Gasteiger partial charge in [-0.05, 0) is 50.1 Å². The lowest BCUT2D eigenvalue weighted by Crippen LogP contribution is -2.50. The first kappa shape index (κ1) is 22.6. The van der Waals surface area contributed by atoms with Crippen molar-refractivity contribution in [2.75, 3.05) is 26.2 Å². The van der Waals surface area contributed by atoms with Gasteiger partial charge in [0, 0.05) is 37.7 Å². The Morgan fingerprint density at radius 1 is 1.29 bits per heavy atom. The monoisotopic (exact) mass is 434 g/mol. The van der Waals surface area contributed by atoms with Crippen molar-refractivity contribution in [3.8, 4) is 0 Å². The molecule has 0 aliphatic carbocycles. The van der Waals surface area contributed by atoms with Crippen molar-refractivity contribution in [3.63, 3.8) is 0 Å². The molecule has 9 heteroatoms. The Kier molecular flexibility index (Phi) is 8.26. The number of furan rings is 1. The molecule has 2 N–H and O–H groups in total. The van der Waals surface area contributed by atoms with Crippen LogP contribution in [0.2, 0.25) is 0 Å². The number of piperidine rings is 1. The number of nitrogens with zero attached hydrogens (tertiary/aromatic N) is 2. The first-order chi connectivity index (χ1) is 15.0. The third kappa shape index (κ3) is 6.97. The van der Waals surface area contributed by atoms with Crippen molar-refractivity contribution in [2.45, 2.75) is 38.8 Å². The highest BCUT2D eigenvalue weighted by Gasteiger charge is 2.24. The summed E-state index contributed by atoms with van der Waals surface area (Å²) in [5.74, 6) is 0.344. The fourth-order valence-electron chi connectivity index (χ4n) is 3.35. The molecule has 0 atom stereocenters. The van der Waals surface area contributed by atoms with E-state index in [4.69, 9.17) is 9.15 Å². The third-order valence-corrected chi connectivity index (χ3v) is 5.02. The molecule has 2 heterocycles. The molecule has 0 spiro atoms. The number of rotatable bonds is 7. The van der Waals surface area contributed by atoms with E-state index in [0.29, 0.717) is 38.6 Å². The lowest BCUT2D eigenvalue weighted by molar-refractivity contribution is 0.0963. The van der Waals surface area contributed by atoms with Crippen molar-refractivity contribution >= 4 is 12.1 Å². The van der Waals surface area contributed by atoms with Gasteiger partial charge in [0.2, 0.25) is 0 Å². The summed E-state index contributed by atoms with van der Waals surface area (Å²) in [5.41, 5.74) is 0.185. The van der Waals surface area contributed by atoms with Crippen LogP contribution in [0.15, 0.2) is 46.0 Å². The molecule has 1 aromatic carbocycles. The lowest BCUT2D eigenvalue weighted by atomic mass is 10.1. The molecule has 1 saturated heterocycles. The Hall–Kier alpha value is -3.10. The first-order valence-corrected chi connectivity index (χ1v) is 10.5. The van der Waals surface area contributed by atoms with Crippen LogP contribution in [0.4, 0.5) is 13.6 Å². The van der Waals surface area contributed by atoms with Gasteiger partial charge in [0.1, 0.15) is 17.4 Å². The lowest BCUT2D eigenvalue weighted by Gasteiger charge is -2.32. The average molecular weight is 434 g/mol. The van der Waals surface area contributed by atoms with Crippen LogP contribution in [0.1, 0.15) is 31.1 Å². The van der Waals surface area contributed by atoms with Crippen LogP contribution in [0, 0.1) is 11.6 Å². The molecule has 0 saturated carbocycles. The van der Waals surface area contributed by atoms with Gasteiger partial charge in [0.25, 0.3) is 0 Å². The second-order valence-corrected chi connectivity index (χ2v) is 7.26. The fraction of sp³-hybridized carbons (Fsp3) is 0.455. The number of hydrogen-bond acceptors (Lipinski definition) is 4. The molecule has 1 amide bonds. The number of likely N-dealkylation sites (tertiary alicyclic amines) is 1. The van der Waals surface area contributed by atoms with Crippen molar-refractivity contribution in [2.24, 2.45) is 4.99 Å². The van der Waals surface area contributed by atoms with Crippen molar-refractivity contribution in [3.05, 3.63) is 59.6 Å². The van der Waals surface area contributed by atoms with E-state index in [9.17, 15) is 13.6 Å². The number of guanidine groups is 1. The highest BCUT2D eigenvalue weighted by molar-refractivity contribution is 5.80. The minimum absolute atomic E-state index is 0.00134. The maximum atomic E-state index is 14.0. The Morgan fingerprint density at radius 2 is 2.10 bits per heavy atom. The van der Waals surface area contributed by atoms with Crippen LogP contribution in [0.25, 0.3) is 0 Å². The molecule has 1 aliphatic rings. The van der Waals surface area contributed by atoms with Crippen LogP contribution in [0.5, 0.6) is 0 Å². The number of hydrogen-bond donors (Lipinski definition) is 2. The minimum atomic E-state index is -0.502. The van der Waals surface area contributed by atoms with Gasteiger partial charge in [-0.25, -0.2) is 18.6 Å². The maximum absolute atomic E-state index is 14.0. The molecular formula is C22H28F2N4O3. The second-order valence-electron chi connectivity index (χ2n) is 7.26. The molecule has 2 aromatic rings. The summed E-state index contributed by atoms with van der Waals surface area (Å²) in [4.78, 5) is 18.0. The summed E-state index contributed by atoms with van der Waals surface area (Å²) in [5, 5.41) is 6.57. The molecule has 168 valence electrons. The fourth-order valence-corrected chi connectivity index (χ4v) is 3.35. The zero-order chi connectivity index (χ0) is 22.1. The van der Waals surface area contributed by atoms with Crippen molar-refractivity contribution in [1.82, 2.24) is 15.5 Å². The van der Waals surface area contributed by atoms with Gasteiger partial charge in [0.05, 0.1) is 19.4 Å². The Labute approximate surface area is 180 Å². The zero-order valence-electron chi connectivity index (χ0n) is 17.6. The van der Waals surface area contributed by atoms with Crippen molar-refractivity contribution in [1.29, 1.82) is 0 Å². The molecule has 3 rings (SSSR count). The quantitative estimate of drug-likeness (QED) is 0.516. The second kappa shape index (κ2) is 11.3. The summed E-state index contributed by atoms with van der Waals surface area (Å²) in [6, 6.07) is 7.14. The van der Waals surface area contributed by atoms with Gasteiger partial charge in [-0.3, -0.25) is 0 Å². The predicted octanol–water partition coefficient (Wildman–Crippen LogP) is 3.46. The first-order valence-electron chi connectivity index (χ1n) is 10.5. The summed E-state index contributed by atoms with van der Waals surface area (Å²) in [6.07, 6.45) is 3.43. The van der Waals surface area contributed by atoms with Crippen LogP contribution in [-0.2, 0) is 17.7 Å². The summed E-state index contributed by atoms with van der Waals surface area (Å²) < 4.78 is 37.8. The normalized spacial score (nSPS) is 15.1. The largest absolute Gasteiger partial charge is 0.469 e. The molecule has 0 bridgehead atoms. The summed E-state index contributed by atoms with van der Waals surface area (Å²) >= 11 is 0. The molecule has 31 heavy (non-hydrogen) atoms.